The van der Waals surface area contributed by atoms with Gasteiger partial charge in [0.25, 0.3) is 5.91 Å². The Hall–Kier alpha value is -1.69. The van der Waals surface area contributed by atoms with Crippen LogP contribution in [0.2, 0.25) is 0 Å². The van der Waals surface area contributed by atoms with Crippen molar-refractivity contribution in [2.24, 2.45) is 5.92 Å². The zero-order valence-electron chi connectivity index (χ0n) is 12.6. The Kier molecular flexibility index (Phi) is 4.54. The molecule has 1 amide bonds. The number of carbonyl (C=O) groups is 1. The monoisotopic (exact) mass is 277 g/mol. The van der Waals surface area contributed by atoms with Crippen LogP contribution < -0.4 is 5.32 Å². The van der Waals surface area contributed by atoms with E-state index >= 15 is 0 Å². The Morgan fingerprint density at radius 2 is 2.15 bits per heavy atom. The summed E-state index contributed by atoms with van der Waals surface area (Å²) >= 11 is 0. The van der Waals surface area contributed by atoms with Gasteiger partial charge in [-0.05, 0) is 26.9 Å². The molecule has 2 rings (SSSR count). The van der Waals surface area contributed by atoms with Crippen LogP contribution in [0.1, 0.15) is 24.3 Å². The van der Waals surface area contributed by atoms with Crippen molar-refractivity contribution in [2.45, 2.75) is 19.9 Å². The molecule has 0 aliphatic carbocycles. The molecule has 1 aromatic heterocycles. The van der Waals surface area contributed by atoms with Crippen LogP contribution in [0.3, 0.4) is 0 Å². The van der Waals surface area contributed by atoms with Gasteiger partial charge < -0.3 is 15.1 Å². The van der Waals surface area contributed by atoms with Gasteiger partial charge in [-0.1, -0.05) is 6.92 Å². The van der Waals surface area contributed by atoms with Crippen LogP contribution in [-0.2, 0) is 0 Å². The molecule has 6 heteroatoms. The molecular formula is C14H23N5O. The van der Waals surface area contributed by atoms with Gasteiger partial charge in [-0.3, -0.25) is 4.79 Å². The zero-order chi connectivity index (χ0) is 14.7. The molecule has 110 valence electrons. The largest absolute Gasteiger partial charge is 0.369 e. The second-order valence-electron chi connectivity index (χ2n) is 5.54. The Labute approximate surface area is 120 Å². The maximum Gasteiger partial charge on any atom is 0.274 e. The number of anilines is 1. The molecule has 2 heterocycles. The molecular weight excluding hydrogens is 254 g/mol. The Morgan fingerprint density at radius 1 is 1.40 bits per heavy atom. The fourth-order valence-electron chi connectivity index (χ4n) is 2.66. The number of hydrogen-bond donors (Lipinski definition) is 1. The van der Waals surface area contributed by atoms with Crippen molar-refractivity contribution in [1.82, 2.24) is 19.8 Å². The summed E-state index contributed by atoms with van der Waals surface area (Å²) in [4.78, 5) is 24.9. The van der Waals surface area contributed by atoms with Crippen LogP contribution >= 0.6 is 0 Å². The summed E-state index contributed by atoms with van der Waals surface area (Å²) in [6.07, 6.45) is 3.16. The van der Waals surface area contributed by atoms with E-state index in [0.29, 0.717) is 23.5 Å². The molecule has 1 aliphatic rings. The second-order valence-corrected chi connectivity index (χ2v) is 5.54. The normalized spacial score (nSPS) is 22.4. The van der Waals surface area contributed by atoms with E-state index in [4.69, 9.17) is 0 Å². The van der Waals surface area contributed by atoms with Crippen molar-refractivity contribution in [3.8, 4) is 0 Å². The third kappa shape index (κ3) is 3.07. The second kappa shape index (κ2) is 6.17. The lowest BCUT2D eigenvalue weighted by Gasteiger charge is -2.22. The molecule has 0 saturated carbocycles. The topological polar surface area (TPSA) is 61.4 Å². The number of nitrogens with one attached hydrogen (secondary N) is 1. The fraction of sp³-hybridized carbons (Fsp3) is 0.643. The smallest absolute Gasteiger partial charge is 0.274 e. The minimum absolute atomic E-state index is 0.0308. The predicted octanol–water partition coefficient (Wildman–Crippen LogP) is 0.930. The van der Waals surface area contributed by atoms with Gasteiger partial charge in [-0.2, -0.15) is 0 Å². The van der Waals surface area contributed by atoms with Crippen LogP contribution in [0.4, 0.5) is 5.82 Å². The van der Waals surface area contributed by atoms with Gasteiger partial charge in [0, 0.05) is 25.7 Å². The first kappa shape index (κ1) is 14.7. The van der Waals surface area contributed by atoms with E-state index in [1.165, 1.54) is 0 Å². The molecule has 0 bridgehead atoms. The fourth-order valence-corrected chi connectivity index (χ4v) is 2.66. The van der Waals surface area contributed by atoms with Crippen molar-refractivity contribution >= 4 is 11.7 Å². The van der Waals surface area contributed by atoms with Gasteiger partial charge in [0.2, 0.25) is 0 Å². The third-order valence-electron chi connectivity index (χ3n) is 3.75. The maximum absolute atomic E-state index is 12.4. The van der Waals surface area contributed by atoms with Gasteiger partial charge in [-0.25, -0.2) is 9.97 Å². The molecule has 0 aromatic carbocycles. The van der Waals surface area contributed by atoms with Crippen molar-refractivity contribution in [3.05, 3.63) is 18.1 Å². The van der Waals surface area contributed by atoms with E-state index in [9.17, 15) is 4.79 Å². The molecule has 1 aromatic rings. The van der Waals surface area contributed by atoms with Crippen LogP contribution in [0.15, 0.2) is 12.4 Å². The molecule has 0 radical (unpaired) electrons. The molecule has 1 N–H and O–H groups in total. The van der Waals surface area contributed by atoms with Gasteiger partial charge in [0.05, 0.1) is 12.4 Å². The van der Waals surface area contributed by atoms with Crippen LogP contribution in [0.5, 0.6) is 0 Å². The number of likely N-dealkylation sites (N-methyl/N-ethyl adjacent to an activating group) is 1. The summed E-state index contributed by atoms with van der Waals surface area (Å²) in [5.41, 5.74) is 0.415. The summed E-state index contributed by atoms with van der Waals surface area (Å²) in [5.74, 6) is 1.14. The third-order valence-corrected chi connectivity index (χ3v) is 3.75. The molecule has 2 unspecified atom stereocenters. The first-order valence-electron chi connectivity index (χ1n) is 7.04. The van der Waals surface area contributed by atoms with Crippen LogP contribution in [-0.4, -0.2) is 65.4 Å². The number of amides is 1. The molecule has 1 fully saturated rings. The quantitative estimate of drug-likeness (QED) is 0.887. The standard InChI is InChI=1S/C14H23N5O/c1-5-15-13-7-16-11(6-17-13)14(20)19-8-10(2)12(9-19)18(3)4/h6-7,10,12H,5,8-9H2,1-4H3,(H,15,17). The highest BCUT2D eigenvalue weighted by molar-refractivity contribution is 5.92. The summed E-state index contributed by atoms with van der Waals surface area (Å²) in [7, 11) is 4.11. The SMILES string of the molecule is CCNc1cnc(C(=O)N2CC(C)C(N(C)C)C2)cn1. The van der Waals surface area contributed by atoms with Gasteiger partial charge >= 0.3 is 0 Å². The van der Waals surface area contributed by atoms with Gasteiger partial charge in [-0.15, -0.1) is 0 Å². The minimum atomic E-state index is -0.0308. The van der Waals surface area contributed by atoms with E-state index in [-0.39, 0.29) is 5.91 Å². The van der Waals surface area contributed by atoms with Crippen molar-refractivity contribution in [3.63, 3.8) is 0 Å². The number of likely N-dealkylation sites (tertiary alicyclic amines) is 1. The molecule has 0 spiro atoms. The highest BCUT2D eigenvalue weighted by atomic mass is 16.2. The van der Waals surface area contributed by atoms with E-state index in [0.717, 1.165) is 19.6 Å². The van der Waals surface area contributed by atoms with Crippen molar-refractivity contribution < 1.29 is 4.79 Å². The van der Waals surface area contributed by atoms with Crippen molar-refractivity contribution in [2.75, 3.05) is 39.0 Å². The number of aromatic nitrogens is 2. The van der Waals surface area contributed by atoms with Gasteiger partial charge in [0.15, 0.2) is 0 Å². The van der Waals surface area contributed by atoms with Crippen LogP contribution in [0.25, 0.3) is 0 Å². The zero-order valence-corrected chi connectivity index (χ0v) is 12.6. The maximum atomic E-state index is 12.4. The summed E-state index contributed by atoms with van der Waals surface area (Å²) < 4.78 is 0. The highest BCUT2D eigenvalue weighted by Crippen LogP contribution is 2.21. The summed E-state index contributed by atoms with van der Waals surface area (Å²) in [5, 5.41) is 3.07. The van der Waals surface area contributed by atoms with E-state index in [2.05, 4.69) is 41.2 Å². The van der Waals surface area contributed by atoms with E-state index < -0.39 is 0 Å². The number of carbonyl (C=O) groups excluding carboxylic acids is 1. The Morgan fingerprint density at radius 3 is 2.65 bits per heavy atom. The van der Waals surface area contributed by atoms with Crippen LogP contribution in [0, 0.1) is 5.92 Å². The number of nitrogens with zero attached hydrogens (tertiary/aromatic N) is 4. The molecule has 20 heavy (non-hydrogen) atoms. The Balaban J connectivity index is 2.04. The Bertz CT molecular complexity index is 459. The van der Waals surface area contributed by atoms with Gasteiger partial charge in [0.1, 0.15) is 11.5 Å². The average Bonchev–Trinajstić information content (AvgIpc) is 2.81. The molecule has 2 atom stereocenters. The molecule has 6 nitrogen and oxygen atoms in total. The summed E-state index contributed by atoms with van der Waals surface area (Å²) in [6, 6.07) is 0.410. The predicted molar refractivity (Wildman–Crippen MR) is 78.7 cm³/mol. The first-order valence-corrected chi connectivity index (χ1v) is 7.04. The molecule has 1 saturated heterocycles. The number of hydrogen-bond acceptors (Lipinski definition) is 5. The van der Waals surface area contributed by atoms with E-state index in [1.807, 2.05) is 11.8 Å². The lowest BCUT2D eigenvalue weighted by Crippen LogP contribution is -2.36. The molecule has 1 aliphatic heterocycles. The van der Waals surface area contributed by atoms with Crippen molar-refractivity contribution in [1.29, 1.82) is 0 Å². The highest BCUT2D eigenvalue weighted by Gasteiger charge is 2.34. The average molecular weight is 277 g/mol. The summed E-state index contributed by atoms with van der Waals surface area (Å²) in [6.45, 7) is 6.49. The minimum Gasteiger partial charge on any atom is -0.369 e. The number of rotatable bonds is 4. The van der Waals surface area contributed by atoms with E-state index in [1.54, 1.807) is 12.4 Å². The first-order chi connectivity index (χ1) is 9.52. The lowest BCUT2D eigenvalue weighted by atomic mass is 10.1. The lowest BCUT2D eigenvalue weighted by molar-refractivity contribution is 0.0775.